The third-order valence-electron chi connectivity index (χ3n) is 5.58. The molecule has 2 heterocycles. The number of rotatable bonds is 4. The van der Waals surface area contributed by atoms with Gasteiger partial charge in [0.05, 0.1) is 29.6 Å². The number of fused-ring (bicyclic) bond motifs is 3. The Labute approximate surface area is 189 Å². The Hall–Kier alpha value is -4.52. The molecule has 5 rings (SSSR count). The molecule has 33 heavy (non-hydrogen) atoms. The molecule has 4 aromatic rings. The van der Waals surface area contributed by atoms with E-state index in [0.717, 1.165) is 0 Å². The highest BCUT2D eigenvalue weighted by molar-refractivity contribution is 6.06. The molecule has 0 radical (unpaired) electrons. The predicted octanol–water partition coefficient (Wildman–Crippen LogP) is 4.13. The number of benzene rings is 3. The topological polar surface area (TPSA) is 104 Å². The average Bonchev–Trinajstić information content (AvgIpc) is 2.84. The zero-order chi connectivity index (χ0) is 22.9. The summed E-state index contributed by atoms with van der Waals surface area (Å²) >= 11 is 0. The predicted molar refractivity (Wildman–Crippen MR) is 124 cm³/mol. The molecule has 1 aliphatic heterocycles. The molecule has 0 spiro atoms. The maximum atomic E-state index is 13.4. The van der Waals surface area contributed by atoms with Gasteiger partial charge >= 0.3 is 5.63 Å². The number of anilines is 1. The van der Waals surface area contributed by atoms with Crippen LogP contribution in [0.1, 0.15) is 17.0 Å². The van der Waals surface area contributed by atoms with E-state index in [0.29, 0.717) is 33.7 Å². The molecule has 0 bridgehead atoms. The van der Waals surface area contributed by atoms with Crippen LogP contribution in [0, 0.1) is 0 Å². The van der Waals surface area contributed by atoms with Gasteiger partial charge in [-0.25, -0.2) is 4.79 Å². The van der Waals surface area contributed by atoms with Crippen LogP contribution < -0.4 is 26.1 Å². The normalized spacial score (nSPS) is 15.0. The Morgan fingerprint density at radius 1 is 0.970 bits per heavy atom. The van der Waals surface area contributed by atoms with Crippen molar-refractivity contribution in [1.82, 2.24) is 0 Å². The van der Waals surface area contributed by atoms with Crippen molar-refractivity contribution in [3.8, 4) is 11.5 Å². The first-order valence-electron chi connectivity index (χ1n) is 10.3. The minimum atomic E-state index is -0.769. The summed E-state index contributed by atoms with van der Waals surface area (Å²) in [6, 6.07) is 23.1. The number of carbonyl (C=O) groups is 1. The molecule has 7 nitrogen and oxygen atoms in total. The lowest BCUT2D eigenvalue weighted by Crippen LogP contribution is -2.32. The van der Waals surface area contributed by atoms with Crippen molar-refractivity contribution in [3.63, 3.8) is 0 Å². The van der Waals surface area contributed by atoms with Gasteiger partial charge in [0.25, 0.3) is 5.91 Å². The van der Waals surface area contributed by atoms with Gasteiger partial charge in [-0.3, -0.25) is 4.79 Å². The van der Waals surface area contributed by atoms with E-state index in [9.17, 15) is 9.59 Å². The fourth-order valence-corrected chi connectivity index (χ4v) is 4.04. The van der Waals surface area contributed by atoms with Gasteiger partial charge in [-0.2, -0.15) is 0 Å². The largest absolute Gasteiger partial charge is 0.497 e. The second-order valence-electron chi connectivity index (χ2n) is 7.53. The quantitative estimate of drug-likeness (QED) is 0.463. The second kappa shape index (κ2) is 8.20. The van der Waals surface area contributed by atoms with E-state index in [1.54, 1.807) is 49.6 Å². The molecular weight excluding hydrogens is 420 g/mol. The lowest BCUT2D eigenvalue weighted by Gasteiger charge is -2.28. The van der Waals surface area contributed by atoms with E-state index in [1.165, 1.54) is 0 Å². The fourth-order valence-electron chi connectivity index (χ4n) is 4.04. The Morgan fingerprint density at radius 2 is 1.67 bits per heavy atom. The summed E-state index contributed by atoms with van der Waals surface area (Å²) in [5, 5.41) is 3.44. The van der Waals surface area contributed by atoms with Crippen LogP contribution in [-0.2, 0) is 4.79 Å². The number of amides is 1. The van der Waals surface area contributed by atoms with Gasteiger partial charge in [0, 0.05) is 5.69 Å². The van der Waals surface area contributed by atoms with Crippen molar-refractivity contribution < 1.29 is 18.7 Å². The van der Waals surface area contributed by atoms with Crippen LogP contribution in [0.15, 0.2) is 99.5 Å². The van der Waals surface area contributed by atoms with Crippen LogP contribution in [0.3, 0.4) is 0 Å². The van der Waals surface area contributed by atoms with Crippen LogP contribution >= 0.6 is 0 Å². The summed E-state index contributed by atoms with van der Waals surface area (Å²) in [6.45, 7) is 0. The summed E-state index contributed by atoms with van der Waals surface area (Å²) in [7, 11) is 1.57. The summed E-state index contributed by atoms with van der Waals surface area (Å²) < 4.78 is 16.6. The van der Waals surface area contributed by atoms with Gasteiger partial charge in [-0.15, -0.1) is 0 Å². The number of methoxy groups -OCH3 is 1. The van der Waals surface area contributed by atoms with Crippen LogP contribution in [0.4, 0.5) is 5.69 Å². The Morgan fingerprint density at radius 3 is 2.39 bits per heavy atom. The number of nitrogens with one attached hydrogen (secondary N) is 1. The standard InChI is InChI=1S/C26H20N2O5/c1-31-17-13-11-16(12-14-17)28-25(29)22-20(15-7-3-2-4-8-15)21-23(33-24(22)27)18-9-5-6-10-19(18)32-26(21)30/h2-14,20H,27H2,1H3,(H,28,29)/t20-/m1/s1. The molecular formula is C26H20N2O5. The van der Waals surface area contributed by atoms with Crippen LogP contribution in [-0.4, -0.2) is 13.0 Å². The SMILES string of the molecule is COc1ccc(NC(=O)C2=C(N)Oc3c(c(=O)oc4ccccc34)[C@H]2c2ccccc2)cc1. The van der Waals surface area contributed by atoms with Crippen LogP contribution in [0.2, 0.25) is 0 Å². The lowest BCUT2D eigenvalue weighted by molar-refractivity contribution is -0.113. The molecule has 0 saturated heterocycles. The molecule has 0 fully saturated rings. The first-order chi connectivity index (χ1) is 16.1. The molecule has 0 saturated carbocycles. The molecule has 1 aliphatic rings. The molecule has 1 aromatic heterocycles. The molecule has 7 heteroatoms. The number of carbonyl (C=O) groups excluding carboxylic acids is 1. The third-order valence-corrected chi connectivity index (χ3v) is 5.58. The first kappa shape index (κ1) is 20.4. The zero-order valence-electron chi connectivity index (χ0n) is 17.7. The lowest BCUT2D eigenvalue weighted by atomic mass is 9.83. The summed E-state index contributed by atoms with van der Waals surface area (Å²) in [6.07, 6.45) is 0. The van der Waals surface area contributed by atoms with Crippen LogP contribution in [0.5, 0.6) is 11.5 Å². The van der Waals surface area contributed by atoms with Gasteiger partial charge in [0.15, 0.2) is 5.75 Å². The molecule has 164 valence electrons. The fraction of sp³-hybridized carbons (Fsp3) is 0.0769. The molecule has 3 aromatic carbocycles. The zero-order valence-corrected chi connectivity index (χ0v) is 17.7. The molecule has 0 unspecified atom stereocenters. The van der Waals surface area contributed by atoms with E-state index in [4.69, 9.17) is 19.6 Å². The number of hydrogen-bond donors (Lipinski definition) is 2. The van der Waals surface area contributed by atoms with Gasteiger partial charge in [0.2, 0.25) is 5.88 Å². The highest BCUT2D eigenvalue weighted by Gasteiger charge is 2.38. The summed E-state index contributed by atoms with van der Waals surface area (Å²) in [5.74, 6) is -0.362. The summed E-state index contributed by atoms with van der Waals surface area (Å²) in [5.41, 5.74) is 7.73. The van der Waals surface area contributed by atoms with Crippen molar-refractivity contribution in [2.24, 2.45) is 5.73 Å². The maximum Gasteiger partial charge on any atom is 0.344 e. The van der Waals surface area contributed by atoms with E-state index in [1.807, 2.05) is 36.4 Å². The second-order valence-corrected chi connectivity index (χ2v) is 7.53. The monoisotopic (exact) mass is 440 g/mol. The minimum Gasteiger partial charge on any atom is -0.497 e. The minimum absolute atomic E-state index is 0.0712. The van der Waals surface area contributed by atoms with Crippen molar-refractivity contribution in [3.05, 3.63) is 112 Å². The van der Waals surface area contributed by atoms with Gasteiger partial charge in [-0.1, -0.05) is 42.5 Å². The smallest absolute Gasteiger partial charge is 0.344 e. The third kappa shape index (κ3) is 3.59. The van der Waals surface area contributed by atoms with Crippen molar-refractivity contribution in [1.29, 1.82) is 0 Å². The number of nitrogens with two attached hydrogens (primary N) is 1. The highest BCUT2D eigenvalue weighted by atomic mass is 16.5. The number of ether oxygens (including phenoxy) is 2. The Balaban J connectivity index is 1.66. The maximum absolute atomic E-state index is 13.4. The Kier molecular flexibility index (Phi) is 5.06. The van der Waals surface area contributed by atoms with E-state index in [-0.39, 0.29) is 17.0 Å². The first-order valence-corrected chi connectivity index (χ1v) is 10.3. The highest BCUT2D eigenvalue weighted by Crippen LogP contribution is 2.43. The van der Waals surface area contributed by atoms with E-state index >= 15 is 0 Å². The van der Waals surface area contributed by atoms with Crippen LogP contribution in [0.25, 0.3) is 11.0 Å². The molecule has 0 aliphatic carbocycles. The Bertz CT molecular complexity index is 1440. The van der Waals surface area contributed by atoms with Crippen molar-refractivity contribution in [2.45, 2.75) is 5.92 Å². The molecule has 3 N–H and O–H groups in total. The van der Waals surface area contributed by atoms with Gasteiger partial charge < -0.3 is 24.9 Å². The molecule has 1 atom stereocenters. The van der Waals surface area contributed by atoms with Crippen molar-refractivity contribution in [2.75, 3.05) is 12.4 Å². The van der Waals surface area contributed by atoms with Crippen molar-refractivity contribution >= 4 is 22.6 Å². The average molecular weight is 440 g/mol. The number of hydrogen-bond acceptors (Lipinski definition) is 6. The van der Waals surface area contributed by atoms with E-state index < -0.39 is 17.5 Å². The summed E-state index contributed by atoms with van der Waals surface area (Å²) in [4.78, 5) is 26.5. The van der Waals surface area contributed by atoms with E-state index in [2.05, 4.69) is 5.32 Å². The molecule has 1 amide bonds. The number of para-hydroxylation sites is 1. The van der Waals surface area contributed by atoms with Gasteiger partial charge in [0.1, 0.15) is 11.3 Å². The van der Waals surface area contributed by atoms with Gasteiger partial charge in [-0.05, 0) is 42.0 Å².